The molecular weight excluding hydrogens is 296 g/mol. The van der Waals surface area contributed by atoms with Gasteiger partial charge in [-0.05, 0) is 71.9 Å². The van der Waals surface area contributed by atoms with Crippen molar-refractivity contribution >= 4 is 12.1 Å². The summed E-state index contributed by atoms with van der Waals surface area (Å²) >= 11 is 0. The van der Waals surface area contributed by atoms with Crippen molar-refractivity contribution in [2.75, 3.05) is 26.2 Å². The Balaban J connectivity index is 1.58. The van der Waals surface area contributed by atoms with Crippen LogP contribution < -0.4 is 5.32 Å². The van der Waals surface area contributed by atoms with Crippen molar-refractivity contribution in [3.05, 3.63) is 0 Å². The van der Waals surface area contributed by atoms with Crippen LogP contribution in [0.1, 0.15) is 52.9 Å². The fourth-order valence-corrected chi connectivity index (χ4v) is 2.78. The number of nitrogens with one attached hydrogen (secondary N) is 1. The van der Waals surface area contributed by atoms with E-state index in [0.29, 0.717) is 19.0 Å². The summed E-state index contributed by atoms with van der Waals surface area (Å²) in [5.74, 6) is 0.349. The van der Waals surface area contributed by atoms with Crippen molar-refractivity contribution in [2.24, 2.45) is 5.92 Å². The van der Waals surface area contributed by atoms with Crippen LogP contribution in [0.3, 0.4) is 0 Å². The summed E-state index contributed by atoms with van der Waals surface area (Å²) in [5.41, 5.74) is -0.464. The van der Waals surface area contributed by atoms with E-state index in [1.54, 1.807) is 0 Å². The molecule has 0 atom stereocenters. The van der Waals surface area contributed by atoms with E-state index < -0.39 is 5.60 Å². The topological polar surface area (TPSA) is 67.9 Å². The number of rotatable bonds is 5. The molecule has 132 valence electrons. The van der Waals surface area contributed by atoms with E-state index in [1.807, 2.05) is 20.8 Å². The van der Waals surface area contributed by atoms with Gasteiger partial charge >= 0.3 is 12.1 Å². The van der Waals surface area contributed by atoms with Crippen LogP contribution in [0.5, 0.6) is 0 Å². The van der Waals surface area contributed by atoms with E-state index in [0.717, 1.165) is 38.8 Å². The summed E-state index contributed by atoms with van der Waals surface area (Å²) in [5, 5.41) is 2.83. The van der Waals surface area contributed by atoms with Gasteiger partial charge in [0.15, 0.2) is 0 Å². The predicted molar refractivity (Wildman–Crippen MR) is 87.1 cm³/mol. The molecule has 2 fully saturated rings. The van der Waals surface area contributed by atoms with Crippen LogP contribution in [-0.4, -0.2) is 54.8 Å². The molecule has 1 saturated heterocycles. The minimum absolute atomic E-state index is 0.0972. The second kappa shape index (κ2) is 7.99. The zero-order valence-corrected chi connectivity index (χ0v) is 14.6. The molecule has 0 radical (unpaired) electrons. The van der Waals surface area contributed by atoms with E-state index in [4.69, 9.17) is 9.47 Å². The Bertz CT molecular complexity index is 407. The molecule has 0 spiro atoms. The first-order chi connectivity index (χ1) is 10.8. The van der Waals surface area contributed by atoms with Gasteiger partial charge in [0.05, 0.1) is 6.54 Å². The number of hydrogen-bond acceptors (Lipinski definition) is 5. The third-order valence-electron chi connectivity index (χ3n) is 4.34. The number of carbonyl (C=O) groups is 2. The molecule has 23 heavy (non-hydrogen) atoms. The van der Waals surface area contributed by atoms with Gasteiger partial charge in [0.25, 0.3) is 0 Å². The summed E-state index contributed by atoms with van der Waals surface area (Å²) in [7, 11) is 0. The lowest BCUT2D eigenvalue weighted by Gasteiger charge is -2.32. The number of piperidine rings is 1. The molecule has 1 aliphatic heterocycles. The Morgan fingerprint density at radius 2 is 1.78 bits per heavy atom. The smallest absolute Gasteiger partial charge is 0.407 e. The van der Waals surface area contributed by atoms with Crippen molar-refractivity contribution in [1.29, 1.82) is 0 Å². The number of alkyl carbamates (subject to hydrolysis) is 1. The molecule has 0 bridgehead atoms. The third-order valence-corrected chi connectivity index (χ3v) is 4.34. The number of nitrogens with zero attached hydrogens (tertiary/aromatic N) is 1. The standard InChI is InChI=1S/C17H30N2O4/c1-17(2,3)23-16(21)18-11-13-7-9-19(10-8-13)12-15(20)22-14-5-4-6-14/h13-14H,4-12H2,1-3H3,(H,18,21). The number of carbonyl (C=O) groups excluding carboxylic acids is 2. The van der Waals surface area contributed by atoms with E-state index in [-0.39, 0.29) is 18.2 Å². The molecule has 0 aromatic heterocycles. The summed E-state index contributed by atoms with van der Waals surface area (Å²) < 4.78 is 10.6. The SMILES string of the molecule is CC(C)(C)OC(=O)NCC1CCN(CC(=O)OC2CCC2)CC1. The predicted octanol–water partition coefficient (Wildman–Crippen LogP) is 2.32. The molecule has 6 nitrogen and oxygen atoms in total. The molecule has 2 aliphatic rings. The van der Waals surface area contributed by atoms with Crippen LogP contribution in [0.15, 0.2) is 0 Å². The van der Waals surface area contributed by atoms with Crippen molar-refractivity contribution < 1.29 is 19.1 Å². The quantitative estimate of drug-likeness (QED) is 0.785. The second-order valence-corrected chi connectivity index (χ2v) is 7.65. The van der Waals surface area contributed by atoms with Crippen LogP contribution in [0.2, 0.25) is 0 Å². The molecule has 0 unspecified atom stereocenters. The zero-order valence-electron chi connectivity index (χ0n) is 14.6. The highest BCUT2D eigenvalue weighted by Gasteiger charge is 2.25. The molecule has 1 N–H and O–H groups in total. The van der Waals surface area contributed by atoms with Gasteiger partial charge in [-0.3, -0.25) is 9.69 Å². The molecule has 1 heterocycles. The first kappa shape index (κ1) is 18.0. The molecular formula is C17H30N2O4. The minimum atomic E-state index is -0.464. The maximum atomic E-state index is 11.8. The fourth-order valence-electron chi connectivity index (χ4n) is 2.78. The first-order valence-electron chi connectivity index (χ1n) is 8.70. The van der Waals surface area contributed by atoms with Crippen LogP contribution in [-0.2, 0) is 14.3 Å². The van der Waals surface area contributed by atoms with E-state index in [1.165, 1.54) is 6.42 Å². The molecule has 1 aliphatic carbocycles. The van der Waals surface area contributed by atoms with Gasteiger partial charge in [0.2, 0.25) is 0 Å². The molecule has 1 amide bonds. The monoisotopic (exact) mass is 326 g/mol. The van der Waals surface area contributed by atoms with E-state index in [2.05, 4.69) is 10.2 Å². The first-order valence-corrected chi connectivity index (χ1v) is 8.70. The van der Waals surface area contributed by atoms with Crippen molar-refractivity contribution in [3.8, 4) is 0 Å². The van der Waals surface area contributed by atoms with Crippen LogP contribution in [0.4, 0.5) is 4.79 Å². The van der Waals surface area contributed by atoms with Gasteiger partial charge in [-0.2, -0.15) is 0 Å². The Hall–Kier alpha value is -1.30. The van der Waals surface area contributed by atoms with Gasteiger partial charge in [-0.1, -0.05) is 0 Å². The lowest BCUT2D eigenvalue weighted by atomic mass is 9.96. The summed E-state index contributed by atoms with van der Waals surface area (Å²) in [6.45, 7) is 8.34. The summed E-state index contributed by atoms with van der Waals surface area (Å²) in [4.78, 5) is 25.6. The van der Waals surface area contributed by atoms with Crippen molar-refractivity contribution in [3.63, 3.8) is 0 Å². The number of amides is 1. The Morgan fingerprint density at radius 3 is 2.30 bits per heavy atom. The number of esters is 1. The average molecular weight is 326 g/mol. The van der Waals surface area contributed by atoms with Gasteiger partial charge in [0.1, 0.15) is 11.7 Å². The average Bonchev–Trinajstić information content (AvgIpc) is 2.40. The normalized spacial score (nSPS) is 20.7. The van der Waals surface area contributed by atoms with Gasteiger partial charge < -0.3 is 14.8 Å². The largest absolute Gasteiger partial charge is 0.461 e. The number of ether oxygens (including phenoxy) is 2. The van der Waals surface area contributed by atoms with Crippen LogP contribution >= 0.6 is 0 Å². The van der Waals surface area contributed by atoms with E-state index >= 15 is 0 Å². The highest BCUT2D eigenvalue weighted by Crippen LogP contribution is 2.22. The Kier molecular flexibility index (Phi) is 6.27. The highest BCUT2D eigenvalue weighted by molar-refractivity contribution is 5.72. The van der Waals surface area contributed by atoms with Crippen LogP contribution in [0, 0.1) is 5.92 Å². The molecule has 0 aromatic rings. The van der Waals surface area contributed by atoms with Crippen LogP contribution in [0.25, 0.3) is 0 Å². The highest BCUT2D eigenvalue weighted by atomic mass is 16.6. The lowest BCUT2D eigenvalue weighted by molar-refractivity contribution is -0.154. The van der Waals surface area contributed by atoms with Gasteiger partial charge in [-0.25, -0.2) is 4.79 Å². The summed E-state index contributed by atoms with van der Waals surface area (Å²) in [6.07, 6.45) is 4.98. The van der Waals surface area contributed by atoms with Crippen molar-refractivity contribution in [2.45, 2.75) is 64.6 Å². The maximum Gasteiger partial charge on any atom is 0.407 e. The molecule has 1 saturated carbocycles. The maximum absolute atomic E-state index is 11.8. The number of hydrogen-bond donors (Lipinski definition) is 1. The number of likely N-dealkylation sites (tertiary alicyclic amines) is 1. The zero-order chi connectivity index (χ0) is 16.9. The van der Waals surface area contributed by atoms with E-state index in [9.17, 15) is 9.59 Å². The summed E-state index contributed by atoms with van der Waals surface area (Å²) in [6, 6.07) is 0. The minimum Gasteiger partial charge on any atom is -0.461 e. The second-order valence-electron chi connectivity index (χ2n) is 7.65. The third kappa shape index (κ3) is 6.77. The fraction of sp³-hybridized carbons (Fsp3) is 0.882. The lowest BCUT2D eigenvalue weighted by Crippen LogP contribution is -2.42. The molecule has 6 heteroatoms. The molecule has 0 aromatic carbocycles. The van der Waals surface area contributed by atoms with Crippen molar-refractivity contribution in [1.82, 2.24) is 10.2 Å². The Labute approximate surface area is 138 Å². The van der Waals surface area contributed by atoms with Gasteiger partial charge in [0, 0.05) is 6.54 Å². The van der Waals surface area contributed by atoms with Gasteiger partial charge in [-0.15, -0.1) is 0 Å². The molecule has 2 rings (SSSR count). The Morgan fingerprint density at radius 1 is 1.13 bits per heavy atom.